The molecule has 3 aliphatic rings. The molecule has 5 aromatic carbocycles. The molecule has 0 atom stereocenters. The molecule has 0 aliphatic carbocycles. The van der Waals surface area contributed by atoms with Gasteiger partial charge in [0.2, 0.25) is 17.6 Å². The van der Waals surface area contributed by atoms with Crippen LogP contribution < -0.4 is 50.2 Å². The van der Waals surface area contributed by atoms with Crippen LogP contribution in [-0.4, -0.2) is 225 Å². The maximum atomic E-state index is 15.3. The molecule has 28 nitrogen and oxygen atoms in total. The molecule has 606 valence electrons. The van der Waals surface area contributed by atoms with Crippen molar-refractivity contribution in [2.24, 2.45) is 0 Å². The van der Waals surface area contributed by atoms with Gasteiger partial charge in [0.05, 0.1) is 28.4 Å². The van der Waals surface area contributed by atoms with E-state index in [0.29, 0.717) is 47.4 Å². The van der Waals surface area contributed by atoms with Crippen molar-refractivity contribution in [3.05, 3.63) is 191 Å². The molecule has 3 saturated heterocycles. The van der Waals surface area contributed by atoms with Crippen LogP contribution in [0.25, 0.3) is 32.7 Å². The second-order valence-corrected chi connectivity index (χ2v) is 28.4. The van der Waals surface area contributed by atoms with Crippen molar-refractivity contribution in [1.82, 2.24) is 79.7 Å². The summed E-state index contributed by atoms with van der Waals surface area (Å²) in [5.74, 6) is -6.50. The van der Waals surface area contributed by atoms with Gasteiger partial charge in [-0.25, -0.2) is 61.2 Å². The molecule has 0 unspecified atom stereocenters. The Morgan fingerprint density at radius 1 is 0.440 bits per heavy atom. The van der Waals surface area contributed by atoms with E-state index in [1.54, 1.807) is 61.2 Å². The van der Waals surface area contributed by atoms with Gasteiger partial charge in [-0.15, -0.1) is 0 Å². The van der Waals surface area contributed by atoms with Gasteiger partial charge in [0, 0.05) is 194 Å². The maximum Gasteiger partial charge on any atom is 0.262 e. The molecule has 3 fully saturated rings. The topological polar surface area (TPSA) is 291 Å². The predicted molar refractivity (Wildman–Crippen MR) is 435 cm³/mol. The Balaban J connectivity index is 0.000000151. The minimum atomic E-state index is -0.776. The Hall–Kier alpha value is -12.8. The van der Waals surface area contributed by atoms with Crippen molar-refractivity contribution < 1.29 is 54.9 Å². The van der Waals surface area contributed by atoms with E-state index >= 15 is 13.2 Å². The summed E-state index contributed by atoms with van der Waals surface area (Å²) in [6, 6.07) is 26.7. The number of amides is 3. The Labute approximate surface area is 665 Å². The fourth-order valence-corrected chi connectivity index (χ4v) is 13.5. The molecule has 7 N–H and O–H groups in total. The number of hydrogen-bond donors (Lipinski definition) is 7. The van der Waals surface area contributed by atoms with Gasteiger partial charge in [-0.3, -0.25) is 14.4 Å². The molecule has 7 aromatic heterocycles. The van der Waals surface area contributed by atoms with Gasteiger partial charge in [0.1, 0.15) is 41.5 Å². The number of H-pyrrole nitrogens is 3. The van der Waals surface area contributed by atoms with E-state index in [4.69, 9.17) is 14.2 Å². The minimum absolute atomic E-state index is 0.00940. The molecule has 0 saturated carbocycles. The van der Waals surface area contributed by atoms with Gasteiger partial charge in [-0.2, -0.15) is 0 Å². The predicted octanol–water partition coefficient (Wildman–Crippen LogP) is 13.8. The summed E-state index contributed by atoms with van der Waals surface area (Å²) in [6.45, 7) is 24.2. The zero-order valence-corrected chi connectivity index (χ0v) is 66.1. The van der Waals surface area contributed by atoms with E-state index in [1.807, 2.05) is 68.4 Å². The lowest BCUT2D eigenvalue weighted by Gasteiger charge is -2.35. The Morgan fingerprint density at radius 2 is 0.802 bits per heavy atom. The molecule has 0 radical (unpaired) electrons. The van der Waals surface area contributed by atoms with Crippen molar-refractivity contribution in [3.63, 3.8) is 0 Å². The van der Waals surface area contributed by atoms with Crippen LogP contribution >= 0.6 is 0 Å². The quantitative estimate of drug-likeness (QED) is 0.0329. The summed E-state index contributed by atoms with van der Waals surface area (Å²) in [4.78, 5) is 93.7. The minimum Gasteiger partial charge on any atom is -0.435 e. The van der Waals surface area contributed by atoms with Crippen LogP contribution in [0.2, 0.25) is 0 Å². The first kappa shape index (κ1) is 81.2. The number of aryl methyl sites for hydroxylation is 3. The third kappa shape index (κ3) is 18.1. The number of rotatable bonds is 21. The van der Waals surface area contributed by atoms with E-state index in [9.17, 15) is 27.6 Å². The highest BCUT2D eigenvalue weighted by Gasteiger charge is 2.31. The second-order valence-electron chi connectivity index (χ2n) is 28.4. The zero-order valence-electron chi connectivity index (χ0n) is 66.1. The van der Waals surface area contributed by atoms with Crippen molar-refractivity contribution in [3.8, 4) is 34.9 Å². The number of nitrogens with one attached hydrogen (secondary N) is 7. The average Bonchev–Trinajstić information content (AvgIpc) is 1.58. The summed E-state index contributed by atoms with van der Waals surface area (Å²) < 4.78 is 107. The number of fused-ring (bicyclic) bond motifs is 3. The molecule has 3 amide bonds. The van der Waals surface area contributed by atoms with Gasteiger partial charge in [0.25, 0.3) is 17.7 Å². The smallest absolute Gasteiger partial charge is 0.262 e. The normalized spacial score (nSPS) is 13.9. The molecular weight excluding hydrogens is 1500 g/mol. The van der Waals surface area contributed by atoms with Crippen LogP contribution in [0.3, 0.4) is 0 Å². The van der Waals surface area contributed by atoms with E-state index in [-0.39, 0.29) is 96.0 Å². The fourth-order valence-electron chi connectivity index (χ4n) is 13.5. The third-order valence-corrected chi connectivity index (χ3v) is 20.2. The lowest BCUT2D eigenvalue weighted by molar-refractivity contribution is 0.0791. The fraction of sp³-hybridized carbons (Fsp3) is 0.317. The molecule has 0 bridgehead atoms. The lowest BCUT2D eigenvalue weighted by atomic mass is 10.2. The first-order valence-electron chi connectivity index (χ1n) is 37.9. The van der Waals surface area contributed by atoms with Crippen LogP contribution in [0.5, 0.6) is 34.9 Å². The van der Waals surface area contributed by atoms with Crippen LogP contribution in [0.4, 0.5) is 78.1 Å². The van der Waals surface area contributed by atoms with Crippen LogP contribution in [-0.2, 0) is 0 Å². The van der Waals surface area contributed by atoms with E-state index < -0.39 is 58.4 Å². The van der Waals surface area contributed by atoms with Gasteiger partial charge >= 0.3 is 0 Å². The highest BCUT2D eigenvalue weighted by Crippen LogP contribution is 2.40. The lowest BCUT2D eigenvalue weighted by Crippen LogP contribution is -2.46. The number of aromatic nitrogens is 10. The number of halogens is 6. The summed E-state index contributed by atoms with van der Waals surface area (Å²) in [7, 11) is 8.48. The number of piperazine rings is 3. The Kier molecular flexibility index (Phi) is 25.0. The molecule has 12 aromatic rings. The molecule has 34 heteroatoms. The van der Waals surface area contributed by atoms with Crippen molar-refractivity contribution >= 4 is 102 Å². The number of carbonyl (C=O) groups is 3. The van der Waals surface area contributed by atoms with Crippen LogP contribution in [0.1, 0.15) is 68.9 Å². The number of aromatic amines is 3. The highest BCUT2D eigenvalue weighted by molar-refractivity contribution is 6.03. The Bertz CT molecular complexity index is 5540. The standard InChI is InChI=1S/C29H33F2N7O2.C28H31F2N7O2.C25H26F2N8O2/c1-5-36(4)29(39)24-27(35-19-7-9-20(10-8-19)38-13-11-37(6-2)12-14-38)32-17-33-28(24)40-23-16-22(30)26-21(25(23)31)15-18(3)34-26;1-5-36(4)28(38)23-26(34-18-6-8-19(9-7-18)37-12-10-35(3)11-13-37)31-16-32-27(23)39-22-15-21(29)25-20(24(22)30)14-17(2)33-25;1-14-10-16-21(27)18(11-17(26)22(16)32-14)37-24-20(25(36)34(2)3)23(30-13-31-24)33-19-5-4-15(12-29-19)35-8-6-28-7-9-35/h7-10,15-17,34H,5-6,11-14H2,1-4H3,(H,32,33,35);6-9,14-16,33H,5,10-13H2,1-4H3,(H,31,32,34);4-5,10-13,28,32H,6-9H2,1-3H3,(H,29,30,31,33). The molecular formula is C82H90F6N22O6. The number of anilines is 9. The maximum absolute atomic E-state index is 15.3. The van der Waals surface area contributed by atoms with Crippen molar-refractivity contribution in [2.45, 2.75) is 41.5 Å². The molecule has 15 rings (SSSR count). The average molecular weight is 1590 g/mol. The number of benzene rings is 5. The van der Waals surface area contributed by atoms with Gasteiger partial charge in [0.15, 0.2) is 69.6 Å². The monoisotopic (exact) mass is 1590 g/mol. The highest BCUT2D eigenvalue weighted by atomic mass is 19.1. The van der Waals surface area contributed by atoms with Gasteiger partial charge < -0.3 is 89.6 Å². The number of nitrogens with zero attached hydrogens (tertiary/aromatic N) is 15. The van der Waals surface area contributed by atoms with E-state index in [2.05, 4.69) is 110 Å². The van der Waals surface area contributed by atoms with Crippen molar-refractivity contribution in [1.29, 1.82) is 0 Å². The SMILES string of the molecule is CCN(C)C(=O)c1c(Nc2ccc(N3CCN(C)CC3)cc2)ncnc1Oc1cc(F)c2[nH]c(C)cc2c1F.CCN1CCN(c2ccc(Nc3ncnc(Oc4cc(F)c5[nH]c(C)cc5c4F)c3C(=O)N(C)CC)cc2)CC1.Cc1cc2c(F)c(Oc3ncnc(Nc4ccc(N5CCNCC5)cn4)c3C(=O)N(C)C)cc(F)c2[nH]1. The van der Waals surface area contributed by atoms with Crippen molar-refractivity contribution in [2.75, 3.05) is 164 Å². The Morgan fingerprint density at radius 3 is 1.16 bits per heavy atom. The van der Waals surface area contributed by atoms with Gasteiger partial charge in [-0.1, -0.05) is 6.92 Å². The molecule has 3 aliphatic heterocycles. The number of likely N-dealkylation sites (N-methyl/N-ethyl adjacent to an activating group) is 2. The summed E-state index contributed by atoms with van der Waals surface area (Å²) in [6.07, 6.45) is 5.35. The summed E-state index contributed by atoms with van der Waals surface area (Å²) in [5.41, 5.74) is 6.51. The number of hydrogen-bond acceptors (Lipinski definition) is 22. The van der Waals surface area contributed by atoms with Gasteiger partial charge in [-0.05, 0) is 127 Å². The van der Waals surface area contributed by atoms with Crippen LogP contribution in [0, 0.1) is 55.7 Å². The molecule has 116 heavy (non-hydrogen) atoms. The first-order valence-corrected chi connectivity index (χ1v) is 37.9. The number of carbonyl (C=O) groups excluding carboxylic acids is 3. The first-order chi connectivity index (χ1) is 55.8. The molecule has 0 spiro atoms. The second kappa shape index (κ2) is 35.7. The van der Waals surface area contributed by atoms with E-state index in [1.165, 1.54) is 51.9 Å². The third-order valence-electron chi connectivity index (χ3n) is 20.2. The zero-order chi connectivity index (χ0) is 82.2. The summed E-state index contributed by atoms with van der Waals surface area (Å²) >= 11 is 0. The van der Waals surface area contributed by atoms with Crippen LogP contribution in [0.15, 0.2) is 122 Å². The van der Waals surface area contributed by atoms with E-state index in [0.717, 1.165) is 120 Å². The largest absolute Gasteiger partial charge is 0.435 e. The molecule has 10 heterocycles. The summed E-state index contributed by atoms with van der Waals surface area (Å²) in [5, 5.41) is 12.8. The number of ether oxygens (including phenoxy) is 3. The number of pyridine rings is 1.